The van der Waals surface area contributed by atoms with Gasteiger partial charge in [-0.15, -0.1) is 12.4 Å². The first kappa shape index (κ1) is 13.8. The number of rotatable bonds is 4. The van der Waals surface area contributed by atoms with Crippen molar-refractivity contribution in [3.8, 4) is 0 Å². The summed E-state index contributed by atoms with van der Waals surface area (Å²) >= 11 is 0. The van der Waals surface area contributed by atoms with Crippen LogP contribution in [0.5, 0.6) is 0 Å². The van der Waals surface area contributed by atoms with Crippen LogP contribution in [0.15, 0.2) is 54.9 Å². The quantitative estimate of drug-likeness (QED) is 0.809. The number of hydrogen-bond acceptors (Lipinski definition) is 1. The molecule has 0 N–H and O–H groups in total. The summed E-state index contributed by atoms with van der Waals surface area (Å²) in [6.07, 6.45) is 4.22. The van der Waals surface area contributed by atoms with Gasteiger partial charge in [-0.2, -0.15) is 0 Å². The monoisotopic (exact) mass is 250 g/mol. The highest BCUT2D eigenvalue weighted by Gasteiger charge is 2.13. The summed E-state index contributed by atoms with van der Waals surface area (Å²) in [5.74, 6) is 0. The molecule has 3 heteroatoms. The smallest absolute Gasteiger partial charge is 0.0522 e. The molecule has 0 aliphatic heterocycles. The van der Waals surface area contributed by atoms with E-state index in [-0.39, 0.29) is 12.4 Å². The highest BCUT2D eigenvalue weighted by Crippen LogP contribution is 2.19. The van der Waals surface area contributed by atoms with Gasteiger partial charge < -0.3 is 9.47 Å². The minimum Gasteiger partial charge on any atom is -0.352 e. The maximum absolute atomic E-state index is 2.26. The van der Waals surface area contributed by atoms with Crippen molar-refractivity contribution >= 4 is 12.4 Å². The van der Waals surface area contributed by atoms with Gasteiger partial charge in [-0.1, -0.05) is 30.3 Å². The van der Waals surface area contributed by atoms with Crippen molar-refractivity contribution in [1.82, 2.24) is 9.47 Å². The summed E-state index contributed by atoms with van der Waals surface area (Å²) in [6.45, 7) is 0.990. The number of nitrogens with zero attached hydrogens (tertiary/aromatic N) is 2. The van der Waals surface area contributed by atoms with Crippen molar-refractivity contribution in [1.29, 1.82) is 0 Å². The summed E-state index contributed by atoms with van der Waals surface area (Å²) < 4.78 is 2.22. The summed E-state index contributed by atoms with van der Waals surface area (Å²) in [7, 11) is 4.25. The number of halogens is 1. The first-order valence-corrected chi connectivity index (χ1v) is 5.59. The molecule has 0 aliphatic rings. The largest absolute Gasteiger partial charge is 0.352 e. The SMILES string of the molecule is CN(C)C(Cn1cccc1)c1ccccc1.Cl. The summed E-state index contributed by atoms with van der Waals surface area (Å²) in [5.41, 5.74) is 1.36. The lowest BCUT2D eigenvalue weighted by Crippen LogP contribution is -2.24. The Morgan fingerprint density at radius 1 is 1.00 bits per heavy atom. The lowest BCUT2D eigenvalue weighted by molar-refractivity contribution is 0.269. The Bertz CT molecular complexity index is 409. The molecule has 1 aromatic carbocycles. The maximum atomic E-state index is 2.26. The number of likely N-dealkylation sites (N-methyl/N-ethyl adjacent to an activating group) is 1. The molecule has 0 bridgehead atoms. The van der Waals surface area contributed by atoms with Crippen LogP contribution in [0.25, 0.3) is 0 Å². The number of aromatic nitrogens is 1. The fraction of sp³-hybridized carbons (Fsp3) is 0.286. The van der Waals surface area contributed by atoms with E-state index in [4.69, 9.17) is 0 Å². The Hall–Kier alpha value is -1.25. The molecular weight excluding hydrogens is 232 g/mol. The molecule has 0 amide bonds. The molecule has 0 spiro atoms. The van der Waals surface area contributed by atoms with Crippen LogP contribution in [-0.4, -0.2) is 23.6 Å². The Balaban J connectivity index is 0.00000144. The predicted octanol–water partition coefficient (Wildman–Crippen LogP) is 3.21. The second-order valence-corrected chi connectivity index (χ2v) is 4.27. The molecule has 1 unspecified atom stereocenters. The Kier molecular flexibility index (Phi) is 5.26. The van der Waals surface area contributed by atoms with Crippen LogP contribution in [-0.2, 0) is 6.54 Å². The van der Waals surface area contributed by atoms with Crippen molar-refractivity contribution in [3.63, 3.8) is 0 Å². The van der Waals surface area contributed by atoms with Crippen LogP contribution < -0.4 is 0 Å². The van der Waals surface area contributed by atoms with Gasteiger partial charge in [0.15, 0.2) is 0 Å². The van der Waals surface area contributed by atoms with Crippen LogP contribution in [0.1, 0.15) is 11.6 Å². The van der Waals surface area contributed by atoms with E-state index in [2.05, 4.69) is 78.4 Å². The van der Waals surface area contributed by atoms with E-state index in [1.165, 1.54) is 5.56 Å². The maximum Gasteiger partial charge on any atom is 0.0522 e. The summed E-state index contributed by atoms with van der Waals surface area (Å²) in [5, 5.41) is 0. The Morgan fingerprint density at radius 2 is 1.59 bits per heavy atom. The minimum atomic E-state index is 0. The van der Waals surface area contributed by atoms with E-state index in [1.54, 1.807) is 0 Å². The van der Waals surface area contributed by atoms with Crippen molar-refractivity contribution in [2.75, 3.05) is 14.1 Å². The van der Waals surface area contributed by atoms with E-state index in [9.17, 15) is 0 Å². The van der Waals surface area contributed by atoms with Crippen molar-refractivity contribution in [2.24, 2.45) is 0 Å². The standard InChI is InChI=1S/C14H18N2.ClH/c1-15(2)14(12-16-10-6-7-11-16)13-8-4-3-5-9-13;/h3-11,14H,12H2,1-2H3;1H. The van der Waals surface area contributed by atoms with Crippen LogP contribution in [0, 0.1) is 0 Å². The first-order valence-electron chi connectivity index (χ1n) is 5.59. The van der Waals surface area contributed by atoms with Crippen LogP contribution >= 0.6 is 12.4 Å². The van der Waals surface area contributed by atoms with E-state index in [0.717, 1.165) is 6.54 Å². The zero-order valence-corrected chi connectivity index (χ0v) is 11.1. The fourth-order valence-corrected chi connectivity index (χ4v) is 1.93. The highest BCUT2D eigenvalue weighted by molar-refractivity contribution is 5.85. The van der Waals surface area contributed by atoms with Gasteiger partial charge in [-0.05, 0) is 31.8 Å². The van der Waals surface area contributed by atoms with Crippen LogP contribution in [0.3, 0.4) is 0 Å². The Labute approximate surface area is 109 Å². The molecule has 2 nitrogen and oxygen atoms in total. The van der Waals surface area contributed by atoms with E-state index >= 15 is 0 Å². The van der Waals surface area contributed by atoms with Gasteiger partial charge in [0.1, 0.15) is 0 Å². The third-order valence-corrected chi connectivity index (χ3v) is 2.86. The summed E-state index contributed by atoms with van der Waals surface area (Å²) in [6, 6.07) is 15.2. The second-order valence-electron chi connectivity index (χ2n) is 4.27. The van der Waals surface area contributed by atoms with Gasteiger partial charge in [0.25, 0.3) is 0 Å². The molecule has 2 aromatic rings. The van der Waals surface area contributed by atoms with Gasteiger partial charge in [-0.3, -0.25) is 0 Å². The van der Waals surface area contributed by atoms with Gasteiger partial charge in [0.2, 0.25) is 0 Å². The minimum absolute atomic E-state index is 0. The van der Waals surface area contributed by atoms with Gasteiger partial charge in [0, 0.05) is 18.9 Å². The molecular formula is C14H19ClN2. The molecule has 0 aliphatic carbocycles. The third-order valence-electron chi connectivity index (χ3n) is 2.86. The topological polar surface area (TPSA) is 8.17 Å². The van der Waals surface area contributed by atoms with Gasteiger partial charge in [-0.25, -0.2) is 0 Å². The van der Waals surface area contributed by atoms with E-state index < -0.39 is 0 Å². The second kappa shape index (κ2) is 6.48. The van der Waals surface area contributed by atoms with E-state index in [1.807, 2.05) is 0 Å². The molecule has 2 rings (SSSR count). The molecule has 17 heavy (non-hydrogen) atoms. The fourth-order valence-electron chi connectivity index (χ4n) is 1.93. The average molecular weight is 251 g/mol. The summed E-state index contributed by atoms with van der Waals surface area (Å²) in [4.78, 5) is 2.26. The van der Waals surface area contributed by atoms with Crippen LogP contribution in [0.2, 0.25) is 0 Å². The predicted molar refractivity (Wildman–Crippen MR) is 74.6 cm³/mol. The molecule has 0 saturated carbocycles. The molecule has 0 saturated heterocycles. The zero-order chi connectivity index (χ0) is 11.4. The molecule has 1 heterocycles. The van der Waals surface area contributed by atoms with Crippen LogP contribution in [0.4, 0.5) is 0 Å². The molecule has 0 fully saturated rings. The first-order chi connectivity index (χ1) is 7.77. The molecule has 92 valence electrons. The lowest BCUT2D eigenvalue weighted by Gasteiger charge is -2.25. The zero-order valence-electron chi connectivity index (χ0n) is 10.3. The Morgan fingerprint density at radius 3 is 2.12 bits per heavy atom. The number of hydrogen-bond donors (Lipinski definition) is 0. The normalized spacial score (nSPS) is 12.2. The molecule has 1 aromatic heterocycles. The highest BCUT2D eigenvalue weighted by atomic mass is 35.5. The average Bonchev–Trinajstić information content (AvgIpc) is 2.79. The van der Waals surface area contributed by atoms with Crippen molar-refractivity contribution < 1.29 is 0 Å². The third kappa shape index (κ3) is 3.62. The number of benzene rings is 1. The lowest BCUT2D eigenvalue weighted by atomic mass is 10.1. The molecule has 0 radical (unpaired) electrons. The van der Waals surface area contributed by atoms with Crippen molar-refractivity contribution in [2.45, 2.75) is 12.6 Å². The van der Waals surface area contributed by atoms with E-state index in [0.29, 0.717) is 6.04 Å². The van der Waals surface area contributed by atoms with Gasteiger partial charge >= 0.3 is 0 Å². The van der Waals surface area contributed by atoms with Gasteiger partial charge in [0.05, 0.1) is 6.04 Å². The molecule has 1 atom stereocenters. The van der Waals surface area contributed by atoms with Crippen molar-refractivity contribution in [3.05, 3.63) is 60.4 Å².